The Morgan fingerprint density at radius 1 is 1.62 bits per heavy atom. The van der Waals surface area contributed by atoms with Gasteiger partial charge in [0.2, 0.25) is 0 Å². The van der Waals surface area contributed by atoms with E-state index in [2.05, 4.69) is 22.9 Å². The van der Waals surface area contributed by atoms with Gasteiger partial charge in [-0.1, -0.05) is 0 Å². The van der Waals surface area contributed by atoms with E-state index in [9.17, 15) is 0 Å². The van der Waals surface area contributed by atoms with Crippen molar-refractivity contribution in [3.05, 3.63) is 23.9 Å². The van der Waals surface area contributed by atoms with Crippen molar-refractivity contribution >= 4 is 5.82 Å². The van der Waals surface area contributed by atoms with Crippen LogP contribution in [0.1, 0.15) is 18.4 Å². The van der Waals surface area contributed by atoms with E-state index >= 15 is 0 Å². The molecular formula is C10H15N3. The Hall–Kier alpha value is -1.09. The molecule has 1 fully saturated rings. The number of aryl methyl sites for hydroxylation is 1. The molecule has 2 rings (SSSR count). The van der Waals surface area contributed by atoms with E-state index in [1.165, 1.54) is 12.0 Å². The van der Waals surface area contributed by atoms with Crippen molar-refractivity contribution in [1.82, 2.24) is 4.98 Å². The second kappa shape index (κ2) is 3.34. The summed E-state index contributed by atoms with van der Waals surface area (Å²) in [7, 11) is 0. The number of nitrogens with zero attached hydrogens (tertiary/aromatic N) is 2. The molecule has 0 aliphatic carbocycles. The first kappa shape index (κ1) is 8.51. The van der Waals surface area contributed by atoms with E-state index in [-0.39, 0.29) is 6.17 Å². The van der Waals surface area contributed by atoms with Crippen LogP contribution in [0.2, 0.25) is 0 Å². The Morgan fingerprint density at radius 3 is 3.08 bits per heavy atom. The molecule has 0 aromatic carbocycles. The summed E-state index contributed by atoms with van der Waals surface area (Å²) in [6, 6.07) is 4.09. The number of anilines is 1. The fourth-order valence-corrected chi connectivity index (χ4v) is 1.75. The van der Waals surface area contributed by atoms with E-state index < -0.39 is 0 Å². The number of hydrogen-bond acceptors (Lipinski definition) is 3. The number of aromatic nitrogens is 1. The fourth-order valence-electron chi connectivity index (χ4n) is 1.75. The first-order chi connectivity index (χ1) is 6.27. The summed E-state index contributed by atoms with van der Waals surface area (Å²) in [5, 5.41) is 0. The summed E-state index contributed by atoms with van der Waals surface area (Å²) in [5.74, 6) is 1.02. The van der Waals surface area contributed by atoms with Gasteiger partial charge >= 0.3 is 0 Å². The minimum atomic E-state index is 0.161. The number of hydrogen-bond donors (Lipinski definition) is 1. The van der Waals surface area contributed by atoms with E-state index in [4.69, 9.17) is 5.73 Å². The molecule has 0 amide bonds. The highest BCUT2D eigenvalue weighted by molar-refractivity contribution is 5.42. The highest BCUT2D eigenvalue weighted by atomic mass is 15.3. The molecule has 2 N–H and O–H groups in total. The number of pyridine rings is 1. The predicted molar refractivity (Wildman–Crippen MR) is 53.5 cm³/mol. The van der Waals surface area contributed by atoms with Crippen molar-refractivity contribution in [2.75, 3.05) is 11.4 Å². The topological polar surface area (TPSA) is 42.2 Å². The van der Waals surface area contributed by atoms with Crippen LogP contribution in [0.4, 0.5) is 5.82 Å². The quantitative estimate of drug-likeness (QED) is 0.702. The lowest BCUT2D eigenvalue weighted by Crippen LogP contribution is -2.36. The van der Waals surface area contributed by atoms with Crippen molar-refractivity contribution in [3.8, 4) is 0 Å². The molecule has 1 aromatic heterocycles. The van der Waals surface area contributed by atoms with Crippen LogP contribution in [0.15, 0.2) is 18.3 Å². The van der Waals surface area contributed by atoms with E-state index in [0.717, 1.165) is 18.8 Å². The standard InChI is InChI=1S/C10H15N3/c1-8-4-5-12-10(7-8)13-6-2-3-9(13)11/h4-5,7,9H,2-3,6,11H2,1H3. The lowest BCUT2D eigenvalue weighted by Gasteiger charge is -2.22. The van der Waals surface area contributed by atoms with Gasteiger partial charge in [-0.2, -0.15) is 0 Å². The highest BCUT2D eigenvalue weighted by Crippen LogP contribution is 2.20. The molecule has 1 saturated heterocycles. The van der Waals surface area contributed by atoms with Gasteiger partial charge in [0.15, 0.2) is 0 Å². The second-order valence-electron chi connectivity index (χ2n) is 3.59. The van der Waals surface area contributed by atoms with Crippen LogP contribution < -0.4 is 10.6 Å². The van der Waals surface area contributed by atoms with Crippen molar-refractivity contribution in [2.24, 2.45) is 5.73 Å². The Labute approximate surface area is 78.6 Å². The molecule has 0 spiro atoms. The number of nitrogens with two attached hydrogens (primary N) is 1. The molecule has 3 heteroatoms. The van der Waals surface area contributed by atoms with Crippen LogP contribution in [0, 0.1) is 6.92 Å². The number of rotatable bonds is 1. The van der Waals surface area contributed by atoms with Crippen LogP contribution in [0.25, 0.3) is 0 Å². The molecule has 1 unspecified atom stereocenters. The molecule has 2 heterocycles. The molecule has 0 radical (unpaired) electrons. The maximum absolute atomic E-state index is 5.95. The van der Waals surface area contributed by atoms with Gasteiger partial charge in [-0.25, -0.2) is 4.98 Å². The molecule has 0 saturated carbocycles. The van der Waals surface area contributed by atoms with Gasteiger partial charge in [0.05, 0.1) is 6.17 Å². The summed E-state index contributed by atoms with van der Waals surface area (Å²) < 4.78 is 0. The molecule has 3 nitrogen and oxygen atoms in total. The van der Waals surface area contributed by atoms with Gasteiger partial charge in [-0.05, 0) is 37.5 Å². The third-order valence-corrected chi connectivity index (χ3v) is 2.49. The van der Waals surface area contributed by atoms with E-state index in [1.54, 1.807) is 0 Å². The first-order valence-electron chi connectivity index (χ1n) is 4.72. The molecule has 1 aromatic rings. The van der Waals surface area contributed by atoms with Gasteiger partial charge in [0.1, 0.15) is 5.82 Å². The lowest BCUT2D eigenvalue weighted by atomic mass is 10.3. The Kier molecular flexibility index (Phi) is 2.19. The van der Waals surface area contributed by atoms with Gasteiger partial charge in [-0.15, -0.1) is 0 Å². The summed E-state index contributed by atoms with van der Waals surface area (Å²) >= 11 is 0. The smallest absolute Gasteiger partial charge is 0.129 e. The third kappa shape index (κ3) is 1.65. The molecular weight excluding hydrogens is 162 g/mol. The average Bonchev–Trinajstić information content (AvgIpc) is 2.51. The van der Waals surface area contributed by atoms with E-state index in [0.29, 0.717) is 0 Å². The van der Waals surface area contributed by atoms with Crippen LogP contribution in [-0.4, -0.2) is 17.7 Å². The van der Waals surface area contributed by atoms with Crippen molar-refractivity contribution in [2.45, 2.75) is 25.9 Å². The molecule has 1 atom stereocenters. The summed E-state index contributed by atoms with van der Waals surface area (Å²) in [4.78, 5) is 6.49. The zero-order valence-electron chi connectivity index (χ0n) is 7.90. The monoisotopic (exact) mass is 177 g/mol. The second-order valence-corrected chi connectivity index (χ2v) is 3.59. The normalized spacial score (nSPS) is 22.3. The minimum absolute atomic E-state index is 0.161. The fraction of sp³-hybridized carbons (Fsp3) is 0.500. The maximum atomic E-state index is 5.95. The highest BCUT2D eigenvalue weighted by Gasteiger charge is 2.21. The summed E-state index contributed by atoms with van der Waals surface area (Å²) in [5.41, 5.74) is 7.19. The Balaban J connectivity index is 2.24. The van der Waals surface area contributed by atoms with Gasteiger partial charge in [0, 0.05) is 12.7 Å². The van der Waals surface area contributed by atoms with Crippen LogP contribution in [-0.2, 0) is 0 Å². The van der Waals surface area contributed by atoms with Gasteiger partial charge in [-0.3, -0.25) is 0 Å². The van der Waals surface area contributed by atoms with Crippen LogP contribution in [0.3, 0.4) is 0 Å². The molecule has 13 heavy (non-hydrogen) atoms. The van der Waals surface area contributed by atoms with E-state index in [1.807, 2.05) is 12.3 Å². The summed E-state index contributed by atoms with van der Waals surface area (Å²) in [6.45, 7) is 3.12. The first-order valence-corrected chi connectivity index (χ1v) is 4.72. The predicted octanol–water partition coefficient (Wildman–Crippen LogP) is 1.28. The molecule has 1 aliphatic heterocycles. The van der Waals surface area contributed by atoms with Crippen LogP contribution in [0.5, 0.6) is 0 Å². The zero-order chi connectivity index (χ0) is 9.26. The van der Waals surface area contributed by atoms with Gasteiger partial charge in [0.25, 0.3) is 0 Å². The Bertz CT molecular complexity index is 298. The molecule has 0 bridgehead atoms. The zero-order valence-corrected chi connectivity index (χ0v) is 7.90. The molecule has 70 valence electrons. The largest absolute Gasteiger partial charge is 0.341 e. The maximum Gasteiger partial charge on any atom is 0.129 e. The summed E-state index contributed by atoms with van der Waals surface area (Å²) in [6.07, 6.45) is 4.26. The third-order valence-electron chi connectivity index (χ3n) is 2.49. The van der Waals surface area contributed by atoms with Gasteiger partial charge < -0.3 is 10.6 Å². The molecule has 1 aliphatic rings. The average molecular weight is 177 g/mol. The van der Waals surface area contributed by atoms with Crippen LogP contribution >= 0.6 is 0 Å². The van der Waals surface area contributed by atoms with Crippen molar-refractivity contribution in [1.29, 1.82) is 0 Å². The lowest BCUT2D eigenvalue weighted by molar-refractivity contribution is 0.694. The SMILES string of the molecule is Cc1ccnc(N2CCCC2N)c1. The Morgan fingerprint density at radius 2 is 2.46 bits per heavy atom. The van der Waals surface area contributed by atoms with Crippen molar-refractivity contribution in [3.63, 3.8) is 0 Å². The van der Waals surface area contributed by atoms with Crippen molar-refractivity contribution < 1.29 is 0 Å². The minimum Gasteiger partial charge on any atom is -0.341 e.